The van der Waals surface area contributed by atoms with Crippen molar-refractivity contribution in [2.75, 3.05) is 0 Å². The second-order valence-corrected chi connectivity index (χ2v) is 6.35. The summed E-state index contributed by atoms with van der Waals surface area (Å²) in [7, 11) is 0. The van der Waals surface area contributed by atoms with Gasteiger partial charge in [-0.25, -0.2) is 0 Å². The average molecular weight is 330 g/mol. The van der Waals surface area contributed by atoms with E-state index in [9.17, 15) is 5.11 Å². The number of aromatic hydroxyl groups is 1. The molecule has 0 saturated carbocycles. The van der Waals surface area contributed by atoms with E-state index in [4.69, 9.17) is 11.6 Å². The highest BCUT2D eigenvalue weighted by molar-refractivity contribution is 7.10. The zero-order valence-electron chi connectivity index (χ0n) is 11.9. The van der Waals surface area contributed by atoms with Crippen LogP contribution in [0.1, 0.15) is 22.0 Å². The van der Waals surface area contributed by atoms with Gasteiger partial charge in [-0.1, -0.05) is 60.1 Å². The van der Waals surface area contributed by atoms with Gasteiger partial charge in [-0.2, -0.15) is 0 Å². The highest BCUT2D eigenvalue weighted by Crippen LogP contribution is 2.29. The highest BCUT2D eigenvalue weighted by Gasteiger charge is 2.15. The van der Waals surface area contributed by atoms with Crippen LogP contribution in [0.2, 0.25) is 5.02 Å². The van der Waals surface area contributed by atoms with Crippen molar-refractivity contribution in [3.8, 4) is 5.75 Å². The van der Waals surface area contributed by atoms with Crippen LogP contribution in [0.25, 0.3) is 0 Å². The molecule has 22 heavy (non-hydrogen) atoms. The largest absolute Gasteiger partial charge is 0.506 e. The van der Waals surface area contributed by atoms with Crippen LogP contribution < -0.4 is 5.32 Å². The summed E-state index contributed by atoms with van der Waals surface area (Å²) in [6, 6.07) is 19.9. The number of hydrogen-bond acceptors (Lipinski definition) is 3. The fourth-order valence-electron chi connectivity index (χ4n) is 2.40. The molecule has 1 heterocycles. The molecule has 112 valence electrons. The van der Waals surface area contributed by atoms with E-state index in [1.54, 1.807) is 23.5 Å². The molecule has 1 unspecified atom stereocenters. The molecule has 0 amide bonds. The van der Waals surface area contributed by atoms with E-state index in [0.29, 0.717) is 11.6 Å². The van der Waals surface area contributed by atoms with E-state index >= 15 is 0 Å². The third kappa shape index (κ3) is 3.33. The fraction of sp³-hybridized carbons (Fsp3) is 0.111. The topological polar surface area (TPSA) is 32.3 Å². The Kier molecular flexibility index (Phi) is 4.78. The Balaban J connectivity index is 1.84. The summed E-state index contributed by atoms with van der Waals surface area (Å²) >= 11 is 7.88. The maximum atomic E-state index is 9.71. The number of halogens is 1. The fourth-order valence-corrected chi connectivity index (χ4v) is 3.42. The zero-order chi connectivity index (χ0) is 15.4. The van der Waals surface area contributed by atoms with Crippen molar-refractivity contribution < 1.29 is 5.11 Å². The predicted molar refractivity (Wildman–Crippen MR) is 92.6 cm³/mol. The summed E-state index contributed by atoms with van der Waals surface area (Å²) in [5.74, 6) is 0.119. The van der Waals surface area contributed by atoms with Crippen LogP contribution in [-0.2, 0) is 6.54 Å². The first-order valence-corrected chi connectivity index (χ1v) is 8.29. The third-order valence-electron chi connectivity index (χ3n) is 3.52. The molecule has 0 fully saturated rings. The van der Waals surface area contributed by atoms with Crippen LogP contribution >= 0.6 is 22.9 Å². The van der Waals surface area contributed by atoms with Crippen molar-refractivity contribution in [3.63, 3.8) is 0 Å². The molecule has 3 aromatic rings. The van der Waals surface area contributed by atoms with Crippen molar-refractivity contribution in [1.82, 2.24) is 5.32 Å². The van der Waals surface area contributed by atoms with Crippen LogP contribution in [0, 0.1) is 0 Å². The van der Waals surface area contributed by atoms with Gasteiger partial charge in [0.2, 0.25) is 0 Å². The Morgan fingerprint density at radius 3 is 2.55 bits per heavy atom. The zero-order valence-corrected chi connectivity index (χ0v) is 13.4. The summed E-state index contributed by atoms with van der Waals surface area (Å²) in [6.45, 7) is 0.588. The lowest BCUT2D eigenvalue weighted by Gasteiger charge is -2.18. The first-order valence-electron chi connectivity index (χ1n) is 7.04. The molecular formula is C18H16ClNOS. The molecule has 2 N–H and O–H groups in total. The lowest BCUT2D eigenvalue weighted by Crippen LogP contribution is -2.21. The number of nitrogens with one attached hydrogen (secondary N) is 1. The van der Waals surface area contributed by atoms with Crippen LogP contribution in [0.15, 0.2) is 66.0 Å². The van der Waals surface area contributed by atoms with Crippen LogP contribution in [0.5, 0.6) is 5.75 Å². The summed E-state index contributed by atoms with van der Waals surface area (Å²) in [5, 5.41) is 15.7. The van der Waals surface area contributed by atoms with E-state index in [-0.39, 0.29) is 11.8 Å². The average Bonchev–Trinajstić information content (AvgIpc) is 3.07. The quantitative estimate of drug-likeness (QED) is 0.691. The third-order valence-corrected chi connectivity index (χ3v) is 4.89. The molecule has 1 aromatic heterocycles. The van der Waals surface area contributed by atoms with Gasteiger partial charge in [0, 0.05) is 11.4 Å². The van der Waals surface area contributed by atoms with E-state index < -0.39 is 0 Å². The number of phenolic OH excluding ortho intramolecular Hbond substituents is 1. The van der Waals surface area contributed by atoms with E-state index in [2.05, 4.69) is 35.0 Å². The molecule has 2 aromatic carbocycles. The van der Waals surface area contributed by atoms with Crippen molar-refractivity contribution in [2.24, 2.45) is 0 Å². The SMILES string of the molecule is Oc1cccc(CNC(c2ccccc2)c2cccs2)c1Cl. The number of thiophene rings is 1. The Bertz CT molecular complexity index is 728. The van der Waals surface area contributed by atoms with Crippen molar-refractivity contribution in [2.45, 2.75) is 12.6 Å². The number of hydrogen-bond donors (Lipinski definition) is 2. The minimum atomic E-state index is 0.111. The normalized spacial score (nSPS) is 12.2. The Morgan fingerprint density at radius 2 is 1.82 bits per heavy atom. The molecule has 1 atom stereocenters. The molecule has 0 aliphatic carbocycles. The minimum Gasteiger partial charge on any atom is -0.506 e. The molecule has 0 bridgehead atoms. The number of benzene rings is 2. The van der Waals surface area contributed by atoms with Gasteiger partial charge in [-0.3, -0.25) is 0 Å². The molecule has 3 rings (SSSR count). The van der Waals surface area contributed by atoms with Crippen molar-refractivity contribution >= 4 is 22.9 Å². The van der Waals surface area contributed by atoms with E-state index in [0.717, 1.165) is 5.56 Å². The molecule has 4 heteroatoms. The second-order valence-electron chi connectivity index (χ2n) is 4.99. The Labute approximate surface area is 139 Å². The molecule has 0 spiro atoms. The summed E-state index contributed by atoms with van der Waals surface area (Å²) in [6.07, 6.45) is 0. The smallest absolute Gasteiger partial charge is 0.134 e. The Morgan fingerprint density at radius 1 is 1.00 bits per heavy atom. The highest BCUT2D eigenvalue weighted by atomic mass is 35.5. The Hall–Kier alpha value is -1.81. The van der Waals surface area contributed by atoms with Crippen LogP contribution in [-0.4, -0.2) is 5.11 Å². The minimum absolute atomic E-state index is 0.111. The maximum absolute atomic E-state index is 9.71. The van der Waals surface area contributed by atoms with Gasteiger partial charge in [0.1, 0.15) is 5.75 Å². The van der Waals surface area contributed by atoms with Crippen LogP contribution in [0.4, 0.5) is 0 Å². The van der Waals surface area contributed by atoms with Gasteiger partial charge in [0.25, 0.3) is 0 Å². The first kappa shape index (κ1) is 15.1. The number of phenols is 1. The standard InChI is InChI=1S/C18H16ClNOS/c19-17-14(8-4-9-15(17)21)12-20-18(16-10-5-11-22-16)13-6-2-1-3-7-13/h1-11,18,20-21H,12H2. The molecule has 0 aliphatic rings. The number of rotatable bonds is 5. The predicted octanol–water partition coefficient (Wildman–Crippen LogP) is 4.99. The first-order chi connectivity index (χ1) is 10.8. The molecule has 0 saturated heterocycles. The van der Waals surface area contributed by atoms with E-state index in [1.165, 1.54) is 10.4 Å². The molecule has 0 radical (unpaired) electrons. The van der Waals surface area contributed by atoms with Crippen molar-refractivity contribution in [1.29, 1.82) is 0 Å². The second kappa shape index (κ2) is 6.97. The van der Waals surface area contributed by atoms with Gasteiger partial charge in [-0.15, -0.1) is 11.3 Å². The lowest BCUT2D eigenvalue weighted by molar-refractivity contribution is 0.474. The monoisotopic (exact) mass is 329 g/mol. The molecule has 0 aliphatic heterocycles. The van der Waals surface area contributed by atoms with Gasteiger partial charge < -0.3 is 10.4 Å². The summed E-state index contributed by atoms with van der Waals surface area (Å²) in [4.78, 5) is 1.25. The summed E-state index contributed by atoms with van der Waals surface area (Å²) < 4.78 is 0. The van der Waals surface area contributed by atoms with E-state index in [1.807, 2.05) is 24.3 Å². The van der Waals surface area contributed by atoms with Gasteiger partial charge in [0.05, 0.1) is 11.1 Å². The van der Waals surface area contributed by atoms with Gasteiger partial charge in [-0.05, 0) is 28.6 Å². The maximum Gasteiger partial charge on any atom is 0.134 e. The lowest BCUT2D eigenvalue weighted by atomic mass is 10.0. The van der Waals surface area contributed by atoms with Gasteiger partial charge in [0.15, 0.2) is 0 Å². The molecule has 2 nitrogen and oxygen atoms in total. The summed E-state index contributed by atoms with van der Waals surface area (Å²) in [5.41, 5.74) is 2.10. The molecular weight excluding hydrogens is 314 g/mol. The van der Waals surface area contributed by atoms with Crippen molar-refractivity contribution in [3.05, 3.63) is 87.1 Å². The van der Waals surface area contributed by atoms with Crippen LogP contribution in [0.3, 0.4) is 0 Å². The van der Waals surface area contributed by atoms with Gasteiger partial charge >= 0.3 is 0 Å².